The van der Waals surface area contributed by atoms with Gasteiger partial charge in [0.2, 0.25) is 5.91 Å². The number of carbonyl (C=O) groups excluding carboxylic acids is 1. The Bertz CT molecular complexity index is 106. The van der Waals surface area contributed by atoms with Crippen LogP contribution < -0.4 is 16.8 Å². The Kier molecular flexibility index (Phi) is 7.08. The zero-order valence-electron chi connectivity index (χ0n) is 6.81. The summed E-state index contributed by atoms with van der Waals surface area (Å²) in [6.07, 6.45) is 2.13. The first-order valence-electron chi connectivity index (χ1n) is 3.98. The van der Waals surface area contributed by atoms with Gasteiger partial charge in [0, 0.05) is 13.0 Å². The lowest BCUT2D eigenvalue weighted by Crippen LogP contribution is -2.26. The fourth-order valence-corrected chi connectivity index (χ4v) is 0.681. The van der Waals surface area contributed by atoms with Crippen LogP contribution in [0.3, 0.4) is 0 Å². The minimum atomic E-state index is 0.0731. The maximum absolute atomic E-state index is 10.9. The maximum atomic E-state index is 10.9. The molecule has 1 amide bonds. The summed E-state index contributed by atoms with van der Waals surface area (Å²) in [5, 5.41) is 2.74. The van der Waals surface area contributed by atoms with Crippen LogP contribution >= 0.6 is 0 Å². The molecule has 0 atom stereocenters. The van der Waals surface area contributed by atoms with E-state index in [1.165, 1.54) is 0 Å². The molecule has 0 aromatic rings. The molecule has 0 saturated carbocycles. The highest BCUT2D eigenvalue weighted by Gasteiger charge is 1.97. The molecule has 0 unspecified atom stereocenters. The zero-order chi connectivity index (χ0) is 8.53. The fourth-order valence-electron chi connectivity index (χ4n) is 0.681. The Labute approximate surface area is 67.3 Å². The molecule has 0 spiro atoms. The van der Waals surface area contributed by atoms with E-state index in [1.807, 2.05) is 0 Å². The molecule has 0 bridgehead atoms. The van der Waals surface area contributed by atoms with Gasteiger partial charge in [0.05, 0.1) is 0 Å². The SMILES string of the molecule is NCCCNC(=O)CCCN. The van der Waals surface area contributed by atoms with E-state index in [-0.39, 0.29) is 5.91 Å². The van der Waals surface area contributed by atoms with Crippen molar-refractivity contribution in [3.05, 3.63) is 0 Å². The lowest BCUT2D eigenvalue weighted by atomic mass is 10.3. The van der Waals surface area contributed by atoms with Crippen molar-refractivity contribution < 1.29 is 4.79 Å². The lowest BCUT2D eigenvalue weighted by molar-refractivity contribution is -0.121. The van der Waals surface area contributed by atoms with Crippen molar-refractivity contribution in [2.75, 3.05) is 19.6 Å². The number of nitrogens with two attached hydrogens (primary N) is 2. The van der Waals surface area contributed by atoms with Gasteiger partial charge in [-0.15, -0.1) is 0 Å². The van der Waals surface area contributed by atoms with E-state index >= 15 is 0 Å². The van der Waals surface area contributed by atoms with E-state index in [1.54, 1.807) is 0 Å². The molecule has 0 rings (SSSR count). The van der Waals surface area contributed by atoms with Gasteiger partial charge in [-0.2, -0.15) is 0 Å². The van der Waals surface area contributed by atoms with Gasteiger partial charge in [0.15, 0.2) is 0 Å². The highest BCUT2D eigenvalue weighted by molar-refractivity contribution is 5.75. The van der Waals surface area contributed by atoms with E-state index in [2.05, 4.69) is 5.32 Å². The molecule has 4 nitrogen and oxygen atoms in total. The second-order valence-corrected chi connectivity index (χ2v) is 2.38. The molecular formula is C7H17N3O. The Hall–Kier alpha value is -0.610. The van der Waals surface area contributed by atoms with Crippen LogP contribution in [0, 0.1) is 0 Å². The molecule has 0 saturated heterocycles. The summed E-state index contributed by atoms with van der Waals surface area (Å²) in [5.41, 5.74) is 10.5. The molecule has 0 radical (unpaired) electrons. The molecule has 0 heterocycles. The lowest BCUT2D eigenvalue weighted by Gasteiger charge is -2.02. The van der Waals surface area contributed by atoms with Gasteiger partial charge < -0.3 is 16.8 Å². The first kappa shape index (κ1) is 10.4. The van der Waals surface area contributed by atoms with Crippen LogP contribution in [0.1, 0.15) is 19.3 Å². The first-order valence-corrected chi connectivity index (χ1v) is 3.98. The number of amides is 1. The number of hydrogen-bond donors (Lipinski definition) is 3. The highest BCUT2D eigenvalue weighted by atomic mass is 16.1. The van der Waals surface area contributed by atoms with Crippen LogP contribution in [0.4, 0.5) is 0 Å². The van der Waals surface area contributed by atoms with E-state index < -0.39 is 0 Å². The third kappa shape index (κ3) is 7.29. The third-order valence-electron chi connectivity index (χ3n) is 1.31. The van der Waals surface area contributed by atoms with Gasteiger partial charge in [-0.05, 0) is 25.9 Å². The minimum absolute atomic E-state index is 0.0731. The summed E-state index contributed by atoms with van der Waals surface area (Å²) in [6, 6.07) is 0. The predicted molar refractivity (Wildman–Crippen MR) is 45.0 cm³/mol. The Morgan fingerprint density at radius 3 is 2.36 bits per heavy atom. The van der Waals surface area contributed by atoms with Crippen molar-refractivity contribution in [1.82, 2.24) is 5.32 Å². The summed E-state index contributed by atoms with van der Waals surface area (Å²) < 4.78 is 0. The van der Waals surface area contributed by atoms with E-state index in [4.69, 9.17) is 11.5 Å². The molecule has 66 valence electrons. The van der Waals surface area contributed by atoms with Crippen LogP contribution in [0.15, 0.2) is 0 Å². The molecule has 0 aliphatic carbocycles. The molecule has 0 aliphatic heterocycles. The molecule has 0 fully saturated rings. The summed E-state index contributed by atoms with van der Waals surface area (Å²) in [5.74, 6) is 0.0731. The van der Waals surface area contributed by atoms with Gasteiger partial charge in [0.1, 0.15) is 0 Å². The molecule has 11 heavy (non-hydrogen) atoms. The van der Waals surface area contributed by atoms with Crippen LogP contribution in [0.2, 0.25) is 0 Å². The Balaban J connectivity index is 3.09. The van der Waals surface area contributed by atoms with Crippen molar-refractivity contribution >= 4 is 5.91 Å². The van der Waals surface area contributed by atoms with Crippen LogP contribution in [-0.2, 0) is 4.79 Å². The van der Waals surface area contributed by atoms with E-state index in [0.29, 0.717) is 26.1 Å². The fraction of sp³-hybridized carbons (Fsp3) is 0.857. The van der Waals surface area contributed by atoms with Crippen molar-refractivity contribution in [1.29, 1.82) is 0 Å². The van der Waals surface area contributed by atoms with Gasteiger partial charge in [0.25, 0.3) is 0 Å². The Morgan fingerprint density at radius 2 is 1.82 bits per heavy atom. The average molecular weight is 159 g/mol. The quantitative estimate of drug-likeness (QED) is 0.443. The monoisotopic (exact) mass is 159 g/mol. The number of hydrogen-bond acceptors (Lipinski definition) is 3. The molecule has 5 N–H and O–H groups in total. The molecular weight excluding hydrogens is 142 g/mol. The standard InChI is InChI=1S/C7H17N3O/c8-4-1-3-7(11)10-6-2-5-9/h1-6,8-9H2,(H,10,11). The molecule has 0 aromatic carbocycles. The van der Waals surface area contributed by atoms with Crippen LogP contribution in [0.25, 0.3) is 0 Å². The highest BCUT2D eigenvalue weighted by Crippen LogP contribution is 1.84. The van der Waals surface area contributed by atoms with E-state index in [0.717, 1.165) is 12.8 Å². The maximum Gasteiger partial charge on any atom is 0.220 e. The zero-order valence-corrected chi connectivity index (χ0v) is 6.81. The van der Waals surface area contributed by atoms with Crippen molar-refractivity contribution in [2.24, 2.45) is 11.5 Å². The second kappa shape index (κ2) is 7.50. The summed E-state index contributed by atoms with van der Waals surface area (Å²) in [6.45, 7) is 1.88. The van der Waals surface area contributed by atoms with Gasteiger partial charge in [-0.25, -0.2) is 0 Å². The largest absolute Gasteiger partial charge is 0.356 e. The van der Waals surface area contributed by atoms with Gasteiger partial charge in [-0.1, -0.05) is 0 Å². The van der Waals surface area contributed by atoms with Crippen LogP contribution in [-0.4, -0.2) is 25.5 Å². The topological polar surface area (TPSA) is 81.1 Å². The molecule has 4 heteroatoms. The normalized spacial score (nSPS) is 9.64. The predicted octanol–water partition coefficient (Wildman–Crippen LogP) is -0.810. The number of rotatable bonds is 6. The van der Waals surface area contributed by atoms with Crippen molar-refractivity contribution in [2.45, 2.75) is 19.3 Å². The third-order valence-corrected chi connectivity index (χ3v) is 1.31. The van der Waals surface area contributed by atoms with Crippen molar-refractivity contribution in [3.63, 3.8) is 0 Å². The minimum Gasteiger partial charge on any atom is -0.356 e. The summed E-state index contributed by atoms with van der Waals surface area (Å²) in [7, 11) is 0. The second-order valence-electron chi connectivity index (χ2n) is 2.38. The van der Waals surface area contributed by atoms with Crippen LogP contribution in [0.5, 0.6) is 0 Å². The average Bonchev–Trinajstić information content (AvgIpc) is 2.01. The van der Waals surface area contributed by atoms with Gasteiger partial charge in [-0.3, -0.25) is 4.79 Å². The number of carbonyl (C=O) groups is 1. The van der Waals surface area contributed by atoms with Gasteiger partial charge >= 0.3 is 0 Å². The summed E-state index contributed by atoms with van der Waals surface area (Å²) >= 11 is 0. The summed E-state index contributed by atoms with van der Waals surface area (Å²) in [4.78, 5) is 10.9. The smallest absolute Gasteiger partial charge is 0.220 e. The Morgan fingerprint density at radius 1 is 1.18 bits per heavy atom. The first-order chi connectivity index (χ1) is 5.31. The van der Waals surface area contributed by atoms with E-state index in [9.17, 15) is 4.79 Å². The number of nitrogens with one attached hydrogen (secondary N) is 1. The molecule has 0 aliphatic rings. The van der Waals surface area contributed by atoms with Crippen molar-refractivity contribution in [3.8, 4) is 0 Å². The molecule has 0 aromatic heterocycles.